The lowest BCUT2D eigenvalue weighted by Crippen LogP contribution is -2.51. The molecule has 4 nitrogen and oxygen atoms in total. The first kappa shape index (κ1) is 12.0. The quantitative estimate of drug-likeness (QED) is 0.731. The summed E-state index contributed by atoms with van der Waals surface area (Å²) in [5.41, 5.74) is 0. The molecule has 2 aliphatic heterocycles. The van der Waals surface area contributed by atoms with E-state index in [1.807, 2.05) is 0 Å². The van der Waals surface area contributed by atoms with Crippen LogP contribution in [0.15, 0.2) is 0 Å². The van der Waals surface area contributed by atoms with Crippen molar-refractivity contribution < 1.29 is 14.3 Å². The molecule has 2 heterocycles. The first-order chi connectivity index (χ1) is 9.77. The first-order valence-corrected chi connectivity index (χ1v) is 8.34. The number of piperidine rings is 1. The Morgan fingerprint density at radius 1 is 1.10 bits per heavy atom. The molecule has 1 spiro atoms. The van der Waals surface area contributed by atoms with E-state index in [1.54, 1.807) is 0 Å². The SMILES string of the molecule is O=C(C1C2C3CCC(C3)C12)N1CCCC2(C1)OCCO2. The van der Waals surface area contributed by atoms with Crippen molar-refractivity contribution in [3.05, 3.63) is 0 Å². The Bertz CT molecular complexity index is 429. The van der Waals surface area contributed by atoms with Crippen LogP contribution in [0.25, 0.3) is 0 Å². The molecule has 4 heteroatoms. The molecule has 0 radical (unpaired) electrons. The number of ether oxygens (including phenoxy) is 2. The van der Waals surface area contributed by atoms with E-state index in [0.29, 0.717) is 31.6 Å². The number of nitrogens with zero attached hydrogens (tertiary/aromatic N) is 1. The van der Waals surface area contributed by atoms with Gasteiger partial charge in [-0.25, -0.2) is 0 Å². The van der Waals surface area contributed by atoms with E-state index >= 15 is 0 Å². The number of carbonyl (C=O) groups is 1. The summed E-state index contributed by atoms with van der Waals surface area (Å²) < 4.78 is 11.6. The van der Waals surface area contributed by atoms with Crippen LogP contribution in [-0.2, 0) is 14.3 Å². The molecule has 3 saturated carbocycles. The second kappa shape index (κ2) is 3.98. The summed E-state index contributed by atoms with van der Waals surface area (Å²) in [6.07, 6.45) is 6.13. The zero-order valence-electron chi connectivity index (χ0n) is 11.9. The van der Waals surface area contributed by atoms with Crippen LogP contribution in [0, 0.1) is 29.6 Å². The van der Waals surface area contributed by atoms with Gasteiger partial charge in [0.1, 0.15) is 0 Å². The second-order valence-electron chi connectivity index (χ2n) is 7.48. The maximum absolute atomic E-state index is 12.8. The summed E-state index contributed by atoms with van der Waals surface area (Å²) in [6.45, 7) is 2.93. The standard InChI is InChI=1S/C16H23NO3/c18-15(14-12-10-2-3-11(8-10)13(12)14)17-5-1-4-16(9-17)19-6-7-20-16/h10-14H,1-9H2. The fourth-order valence-electron chi connectivity index (χ4n) is 5.77. The highest BCUT2D eigenvalue weighted by atomic mass is 16.7. The zero-order valence-corrected chi connectivity index (χ0v) is 11.9. The molecule has 0 aromatic rings. The smallest absolute Gasteiger partial charge is 0.226 e. The van der Waals surface area contributed by atoms with Crippen LogP contribution >= 0.6 is 0 Å². The van der Waals surface area contributed by atoms with Gasteiger partial charge < -0.3 is 14.4 Å². The molecule has 4 atom stereocenters. The number of fused-ring (bicyclic) bond motifs is 5. The minimum atomic E-state index is -0.461. The first-order valence-electron chi connectivity index (χ1n) is 8.34. The van der Waals surface area contributed by atoms with Gasteiger partial charge in [0.15, 0.2) is 5.79 Å². The van der Waals surface area contributed by atoms with Crippen LogP contribution in [0.3, 0.4) is 0 Å². The van der Waals surface area contributed by atoms with E-state index in [4.69, 9.17) is 9.47 Å². The van der Waals surface area contributed by atoms with E-state index in [9.17, 15) is 4.79 Å². The van der Waals surface area contributed by atoms with Crippen molar-refractivity contribution in [3.63, 3.8) is 0 Å². The third kappa shape index (κ3) is 1.52. The highest BCUT2D eigenvalue weighted by Gasteiger charge is 2.68. The van der Waals surface area contributed by atoms with E-state index in [-0.39, 0.29) is 0 Å². The summed E-state index contributed by atoms with van der Waals surface area (Å²) in [5.74, 6) is 3.53. The molecule has 20 heavy (non-hydrogen) atoms. The molecule has 5 aliphatic rings. The minimum Gasteiger partial charge on any atom is -0.346 e. The van der Waals surface area contributed by atoms with Gasteiger partial charge in [-0.15, -0.1) is 0 Å². The molecular formula is C16H23NO3. The number of likely N-dealkylation sites (tertiary alicyclic amines) is 1. The molecule has 4 unspecified atom stereocenters. The second-order valence-corrected chi connectivity index (χ2v) is 7.48. The lowest BCUT2D eigenvalue weighted by atomic mass is 9.99. The fraction of sp³-hybridized carbons (Fsp3) is 0.938. The molecule has 0 N–H and O–H groups in total. The predicted molar refractivity (Wildman–Crippen MR) is 71.8 cm³/mol. The molecule has 5 fully saturated rings. The largest absolute Gasteiger partial charge is 0.346 e. The minimum absolute atomic E-state index is 0.359. The maximum Gasteiger partial charge on any atom is 0.226 e. The van der Waals surface area contributed by atoms with E-state index in [1.165, 1.54) is 19.3 Å². The average Bonchev–Trinajstić information content (AvgIpc) is 2.83. The molecule has 110 valence electrons. The van der Waals surface area contributed by atoms with Crippen molar-refractivity contribution in [1.29, 1.82) is 0 Å². The van der Waals surface area contributed by atoms with Gasteiger partial charge in [0.2, 0.25) is 5.91 Å². The van der Waals surface area contributed by atoms with Crippen LogP contribution in [0.5, 0.6) is 0 Å². The van der Waals surface area contributed by atoms with Gasteiger partial charge in [-0.05, 0) is 49.4 Å². The Labute approximate surface area is 119 Å². The Morgan fingerprint density at radius 2 is 1.80 bits per heavy atom. The van der Waals surface area contributed by atoms with Crippen molar-refractivity contribution in [3.8, 4) is 0 Å². The summed E-state index contributed by atoms with van der Waals surface area (Å²) in [7, 11) is 0. The average molecular weight is 277 g/mol. The molecular weight excluding hydrogens is 254 g/mol. The number of hydrogen-bond acceptors (Lipinski definition) is 3. The van der Waals surface area contributed by atoms with Gasteiger partial charge >= 0.3 is 0 Å². The molecule has 0 aromatic carbocycles. The number of rotatable bonds is 1. The van der Waals surface area contributed by atoms with E-state index in [0.717, 1.165) is 43.1 Å². The third-order valence-corrected chi connectivity index (χ3v) is 6.56. The topological polar surface area (TPSA) is 38.8 Å². The lowest BCUT2D eigenvalue weighted by Gasteiger charge is -2.39. The summed E-state index contributed by atoms with van der Waals surface area (Å²) >= 11 is 0. The highest BCUT2D eigenvalue weighted by molar-refractivity contribution is 5.83. The predicted octanol–water partition coefficient (Wildman–Crippen LogP) is 1.64. The molecule has 2 bridgehead atoms. The summed E-state index contributed by atoms with van der Waals surface area (Å²) in [6, 6.07) is 0. The van der Waals surface area contributed by atoms with Crippen molar-refractivity contribution in [2.45, 2.75) is 37.9 Å². The molecule has 5 rings (SSSR count). The van der Waals surface area contributed by atoms with Crippen LogP contribution < -0.4 is 0 Å². The maximum atomic E-state index is 12.8. The Morgan fingerprint density at radius 3 is 2.50 bits per heavy atom. The van der Waals surface area contributed by atoms with Gasteiger partial charge in [-0.3, -0.25) is 4.79 Å². The van der Waals surface area contributed by atoms with Crippen molar-refractivity contribution in [2.75, 3.05) is 26.3 Å². The van der Waals surface area contributed by atoms with E-state index in [2.05, 4.69) is 4.90 Å². The van der Waals surface area contributed by atoms with Crippen molar-refractivity contribution in [1.82, 2.24) is 4.90 Å². The molecule has 0 aromatic heterocycles. The van der Waals surface area contributed by atoms with Crippen LogP contribution in [0.2, 0.25) is 0 Å². The third-order valence-electron chi connectivity index (χ3n) is 6.56. The van der Waals surface area contributed by atoms with Crippen LogP contribution in [0.4, 0.5) is 0 Å². The van der Waals surface area contributed by atoms with Gasteiger partial charge in [-0.2, -0.15) is 0 Å². The van der Waals surface area contributed by atoms with Gasteiger partial charge in [0.25, 0.3) is 0 Å². The van der Waals surface area contributed by atoms with Gasteiger partial charge in [0, 0.05) is 18.9 Å². The number of amides is 1. The lowest BCUT2D eigenvalue weighted by molar-refractivity contribution is -0.193. The molecule has 2 saturated heterocycles. The Kier molecular flexibility index (Phi) is 2.38. The van der Waals surface area contributed by atoms with Crippen molar-refractivity contribution in [2.24, 2.45) is 29.6 Å². The van der Waals surface area contributed by atoms with Crippen LogP contribution in [-0.4, -0.2) is 42.9 Å². The number of hydrogen-bond donors (Lipinski definition) is 0. The van der Waals surface area contributed by atoms with Crippen LogP contribution in [0.1, 0.15) is 32.1 Å². The normalized spacial score (nSPS) is 47.8. The molecule has 3 aliphatic carbocycles. The summed E-state index contributed by atoms with van der Waals surface area (Å²) in [5, 5.41) is 0. The molecule has 1 amide bonds. The Balaban J connectivity index is 1.30. The fourth-order valence-corrected chi connectivity index (χ4v) is 5.77. The zero-order chi connectivity index (χ0) is 13.3. The van der Waals surface area contributed by atoms with E-state index < -0.39 is 5.79 Å². The van der Waals surface area contributed by atoms with Gasteiger partial charge in [-0.1, -0.05) is 0 Å². The number of carbonyl (C=O) groups excluding carboxylic acids is 1. The highest BCUT2D eigenvalue weighted by Crippen LogP contribution is 2.69. The monoisotopic (exact) mass is 277 g/mol. The van der Waals surface area contributed by atoms with Crippen molar-refractivity contribution >= 4 is 5.91 Å². The summed E-state index contributed by atoms with van der Waals surface area (Å²) in [4.78, 5) is 14.9. The van der Waals surface area contributed by atoms with Gasteiger partial charge in [0.05, 0.1) is 19.8 Å². The Hall–Kier alpha value is -0.610.